The third-order valence-electron chi connectivity index (χ3n) is 4.09. The summed E-state index contributed by atoms with van der Waals surface area (Å²) in [6.45, 7) is 1.86. The summed E-state index contributed by atoms with van der Waals surface area (Å²) in [4.78, 5) is 23.7. The van der Waals surface area contributed by atoms with Gasteiger partial charge in [0.1, 0.15) is 11.8 Å². The number of hydrogen-bond acceptors (Lipinski definition) is 7. The molecule has 0 amide bonds. The number of anilines is 2. The lowest BCUT2D eigenvalue weighted by molar-refractivity contribution is -0.385. The summed E-state index contributed by atoms with van der Waals surface area (Å²) in [6.07, 6.45) is 1.21. The van der Waals surface area contributed by atoms with Crippen molar-refractivity contribution in [2.24, 2.45) is 0 Å². The second-order valence-corrected chi connectivity index (χ2v) is 7.07. The number of para-hydroxylation sites is 1. The minimum atomic E-state index is -0.570. The Kier molecular flexibility index (Phi) is 5.05. The van der Waals surface area contributed by atoms with Crippen LogP contribution in [-0.2, 0) is 0 Å². The maximum Gasteiger partial charge on any atom is 0.373 e. The molecule has 0 radical (unpaired) electrons. The fraction of sp³-hybridized carbons (Fsp3) is 0.0500. The van der Waals surface area contributed by atoms with E-state index in [9.17, 15) is 10.1 Å². The molecule has 0 unspecified atom stereocenters. The summed E-state index contributed by atoms with van der Waals surface area (Å²) < 4.78 is 6.66. The Hall–Kier alpha value is -3.59. The number of nitrogens with zero attached hydrogens (tertiary/aromatic N) is 4. The van der Waals surface area contributed by atoms with Crippen LogP contribution in [0.1, 0.15) is 5.69 Å². The van der Waals surface area contributed by atoms with Gasteiger partial charge < -0.3 is 10.1 Å². The first-order valence-electron chi connectivity index (χ1n) is 8.57. The normalized spacial score (nSPS) is 10.7. The zero-order valence-corrected chi connectivity index (χ0v) is 16.8. The second-order valence-electron chi connectivity index (χ2n) is 6.15. The molecule has 1 N–H and O–H groups in total. The highest BCUT2D eigenvalue weighted by Crippen LogP contribution is 2.37. The molecule has 8 nitrogen and oxygen atoms in total. The van der Waals surface area contributed by atoms with Crippen molar-refractivity contribution in [2.45, 2.75) is 6.92 Å². The minimum Gasteiger partial charge on any atom is -0.431 e. The van der Waals surface area contributed by atoms with Gasteiger partial charge in [0.15, 0.2) is 5.75 Å². The number of nitro groups is 1. The smallest absolute Gasteiger partial charge is 0.373 e. The molecule has 0 atom stereocenters. The Morgan fingerprint density at radius 3 is 2.72 bits per heavy atom. The maximum atomic E-state index is 11.8. The van der Waals surface area contributed by atoms with Crippen molar-refractivity contribution in [1.29, 1.82) is 0 Å². The van der Waals surface area contributed by atoms with Crippen molar-refractivity contribution in [1.82, 2.24) is 15.0 Å². The Bertz CT molecular complexity index is 1230. The summed E-state index contributed by atoms with van der Waals surface area (Å²) in [7, 11) is 0. The van der Waals surface area contributed by atoms with Crippen LogP contribution in [0.25, 0.3) is 10.9 Å². The summed E-state index contributed by atoms with van der Waals surface area (Å²) >= 11 is 3.37. The minimum absolute atomic E-state index is 0.0301. The van der Waals surface area contributed by atoms with Crippen molar-refractivity contribution in [3.8, 4) is 11.6 Å². The average Bonchev–Trinajstić information content (AvgIpc) is 2.68. The van der Waals surface area contributed by atoms with Gasteiger partial charge in [0.2, 0.25) is 5.82 Å². The van der Waals surface area contributed by atoms with Gasteiger partial charge in [-0.05, 0) is 37.3 Å². The van der Waals surface area contributed by atoms with Gasteiger partial charge in [0.25, 0.3) is 0 Å². The first-order valence-corrected chi connectivity index (χ1v) is 9.37. The van der Waals surface area contributed by atoms with Crippen LogP contribution in [0.3, 0.4) is 0 Å². The zero-order chi connectivity index (χ0) is 20.4. The van der Waals surface area contributed by atoms with Gasteiger partial charge in [-0.25, -0.2) is 9.97 Å². The predicted molar refractivity (Wildman–Crippen MR) is 113 cm³/mol. The lowest BCUT2D eigenvalue weighted by atomic mass is 10.2. The fourth-order valence-corrected chi connectivity index (χ4v) is 3.20. The van der Waals surface area contributed by atoms with Crippen LogP contribution in [0.5, 0.6) is 11.6 Å². The highest BCUT2D eigenvalue weighted by Gasteiger charge is 2.26. The number of aryl methyl sites for hydroxylation is 1. The molecule has 2 aromatic heterocycles. The van der Waals surface area contributed by atoms with Gasteiger partial charge in [-0.3, -0.25) is 10.1 Å². The molecular weight excluding hydrogens is 438 g/mol. The van der Waals surface area contributed by atoms with E-state index in [0.29, 0.717) is 17.0 Å². The molecule has 0 aliphatic heterocycles. The van der Waals surface area contributed by atoms with Crippen LogP contribution in [0.2, 0.25) is 0 Å². The molecule has 0 saturated carbocycles. The third kappa shape index (κ3) is 3.99. The molecular formula is C20H14BrN5O3. The van der Waals surface area contributed by atoms with Crippen LogP contribution in [0, 0.1) is 17.0 Å². The lowest BCUT2D eigenvalue weighted by Crippen LogP contribution is -2.04. The highest BCUT2D eigenvalue weighted by molar-refractivity contribution is 9.10. The van der Waals surface area contributed by atoms with Crippen molar-refractivity contribution in [3.63, 3.8) is 0 Å². The fourth-order valence-electron chi connectivity index (χ4n) is 2.80. The number of aromatic nitrogens is 3. The number of rotatable bonds is 5. The van der Waals surface area contributed by atoms with E-state index in [0.717, 1.165) is 15.6 Å². The molecule has 2 heterocycles. The summed E-state index contributed by atoms with van der Waals surface area (Å²) in [6, 6.07) is 16.4. The van der Waals surface area contributed by atoms with Gasteiger partial charge in [0, 0.05) is 21.2 Å². The number of halogens is 1. The molecule has 0 spiro atoms. The molecule has 0 bridgehead atoms. The molecule has 0 aliphatic carbocycles. The molecule has 29 heavy (non-hydrogen) atoms. The number of pyridine rings is 1. The van der Waals surface area contributed by atoms with Gasteiger partial charge in [-0.1, -0.05) is 40.2 Å². The van der Waals surface area contributed by atoms with E-state index >= 15 is 0 Å². The van der Waals surface area contributed by atoms with E-state index in [1.807, 2.05) is 31.2 Å². The topological polar surface area (TPSA) is 103 Å². The molecule has 0 fully saturated rings. The van der Waals surface area contributed by atoms with Crippen molar-refractivity contribution in [2.75, 3.05) is 5.32 Å². The standard InChI is InChI=1S/C20H14BrN5O3/c1-12-8-9-13-4-2-7-16(17(13)24-12)29-20-18(26(27)28)19(22-11-23-20)25-15-6-3-5-14(21)10-15/h2-11H,1H3,(H,22,23,25). The van der Waals surface area contributed by atoms with Crippen LogP contribution in [-0.4, -0.2) is 19.9 Å². The summed E-state index contributed by atoms with van der Waals surface area (Å²) in [5.41, 5.74) is 1.68. The number of benzene rings is 2. The number of hydrogen-bond donors (Lipinski definition) is 1. The van der Waals surface area contributed by atoms with Gasteiger partial charge in [-0.2, -0.15) is 4.98 Å². The quantitative estimate of drug-likeness (QED) is 0.313. The molecule has 0 saturated heterocycles. The van der Waals surface area contributed by atoms with Gasteiger partial charge in [-0.15, -0.1) is 0 Å². The predicted octanol–water partition coefficient (Wildman–Crippen LogP) is 5.54. The van der Waals surface area contributed by atoms with E-state index in [4.69, 9.17) is 4.74 Å². The lowest BCUT2D eigenvalue weighted by Gasteiger charge is -2.11. The second kappa shape index (κ2) is 7.80. The van der Waals surface area contributed by atoms with Crippen LogP contribution >= 0.6 is 15.9 Å². The van der Waals surface area contributed by atoms with Gasteiger partial charge >= 0.3 is 11.6 Å². The molecule has 9 heteroatoms. The van der Waals surface area contributed by atoms with E-state index in [2.05, 4.69) is 36.2 Å². The Morgan fingerprint density at radius 2 is 1.93 bits per heavy atom. The Morgan fingerprint density at radius 1 is 1.10 bits per heavy atom. The average molecular weight is 452 g/mol. The Balaban J connectivity index is 1.77. The van der Waals surface area contributed by atoms with E-state index < -0.39 is 4.92 Å². The van der Waals surface area contributed by atoms with Crippen LogP contribution in [0.4, 0.5) is 17.2 Å². The van der Waals surface area contributed by atoms with E-state index in [-0.39, 0.29) is 17.4 Å². The monoisotopic (exact) mass is 451 g/mol. The summed E-state index contributed by atoms with van der Waals surface area (Å²) in [5, 5.41) is 15.6. The molecule has 0 aliphatic rings. The van der Waals surface area contributed by atoms with E-state index in [1.54, 1.807) is 30.3 Å². The van der Waals surface area contributed by atoms with Crippen molar-refractivity contribution < 1.29 is 9.66 Å². The molecule has 4 aromatic rings. The Labute approximate surface area is 173 Å². The van der Waals surface area contributed by atoms with Crippen molar-refractivity contribution in [3.05, 3.63) is 81.2 Å². The first-order chi connectivity index (χ1) is 14.0. The largest absolute Gasteiger partial charge is 0.431 e. The van der Waals surface area contributed by atoms with Crippen molar-refractivity contribution >= 4 is 44.0 Å². The molecule has 144 valence electrons. The number of nitrogens with one attached hydrogen (secondary N) is 1. The molecule has 2 aromatic carbocycles. The third-order valence-corrected chi connectivity index (χ3v) is 4.58. The maximum absolute atomic E-state index is 11.8. The SMILES string of the molecule is Cc1ccc2cccc(Oc3ncnc(Nc4cccc(Br)c4)c3[N+](=O)[O-])c2n1. The van der Waals surface area contributed by atoms with Crippen LogP contribution in [0.15, 0.2) is 65.4 Å². The highest BCUT2D eigenvalue weighted by atomic mass is 79.9. The zero-order valence-electron chi connectivity index (χ0n) is 15.2. The number of ether oxygens (including phenoxy) is 1. The van der Waals surface area contributed by atoms with Gasteiger partial charge in [0.05, 0.1) is 4.92 Å². The van der Waals surface area contributed by atoms with Crippen LogP contribution < -0.4 is 10.1 Å². The molecule has 4 rings (SSSR count). The number of fused-ring (bicyclic) bond motifs is 1. The van der Waals surface area contributed by atoms with E-state index in [1.165, 1.54) is 6.33 Å². The summed E-state index contributed by atoms with van der Waals surface area (Å²) in [5.74, 6) is 0.238. The first kappa shape index (κ1) is 18.8.